The largest absolute Gasteiger partial charge is 0.497 e. The molecule has 0 spiro atoms. The van der Waals surface area contributed by atoms with Crippen LogP contribution in [0.3, 0.4) is 0 Å². The lowest BCUT2D eigenvalue weighted by molar-refractivity contribution is -0.167. The number of rotatable bonds is 14. The number of hydrogen-bond donors (Lipinski definition) is 1. The summed E-state index contributed by atoms with van der Waals surface area (Å²) in [6.07, 6.45) is -1.16. The van der Waals surface area contributed by atoms with Gasteiger partial charge in [0.2, 0.25) is 0 Å². The van der Waals surface area contributed by atoms with Crippen LogP contribution in [0, 0.1) is 0 Å². The third kappa shape index (κ3) is 9.99. The van der Waals surface area contributed by atoms with E-state index in [0.717, 1.165) is 27.8 Å². The highest BCUT2D eigenvalue weighted by Gasteiger charge is 2.36. The molecule has 9 heteroatoms. The minimum atomic E-state index is -1.17. The number of methoxy groups -OCH3 is 2. The lowest BCUT2D eigenvalue weighted by atomic mass is 9.97. The van der Waals surface area contributed by atoms with Crippen LogP contribution < -0.4 is 9.47 Å². The summed E-state index contributed by atoms with van der Waals surface area (Å²) in [5.74, 6) is 1.88. The van der Waals surface area contributed by atoms with Crippen molar-refractivity contribution < 1.29 is 28.8 Å². The van der Waals surface area contributed by atoms with Gasteiger partial charge in [-0.25, -0.2) is 0 Å². The van der Waals surface area contributed by atoms with Crippen LogP contribution in [0.25, 0.3) is 0 Å². The molecule has 1 N–H and O–H groups in total. The van der Waals surface area contributed by atoms with Crippen LogP contribution in [0.5, 0.6) is 11.5 Å². The van der Waals surface area contributed by atoms with Crippen molar-refractivity contribution in [2.45, 2.75) is 44.9 Å². The Labute approximate surface area is 219 Å². The molecule has 0 saturated carbocycles. The van der Waals surface area contributed by atoms with Gasteiger partial charge >= 0.3 is 0 Å². The van der Waals surface area contributed by atoms with Crippen molar-refractivity contribution in [2.75, 3.05) is 47.9 Å². The highest BCUT2D eigenvalue weighted by Crippen LogP contribution is 2.23. The first-order valence-corrected chi connectivity index (χ1v) is 12.7. The maximum Gasteiger partial charge on any atom is 0.160 e. The van der Waals surface area contributed by atoms with Crippen molar-refractivity contribution in [2.24, 2.45) is 4.99 Å². The van der Waals surface area contributed by atoms with E-state index < -0.39 is 17.8 Å². The van der Waals surface area contributed by atoms with Gasteiger partial charge < -0.3 is 33.7 Å². The predicted octanol–water partition coefficient (Wildman–Crippen LogP) is 4.20. The maximum absolute atomic E-state index is 11.0. The molecule has 8 nitrogen and oxygen atoms in total. The Morgan fingerprint density at radius 2 is 1.44 bits per heavy atom. The molecule has 0 amide bonds. The molecule has 2 aromatic rings. The van der Waals surface area contributed by atoms with E-state index in [1.807, 2.05) is 67.5 Å². The minimum Gasteiger partial charge on any atom is -0.497 e. The zero-order valence-electron chi connectivity index (χ0n) is 22.4. The Morgan fingerprint density at radius 3 is 1.89 bits per heavy atom. The predicted molar refractivity (Wildman–Crippen MR) is 145 cm³/mol. The Bertz CT molecular complexity index is 913. The van der Waals surface area contributed by atoms with E-state index in [-0.39, 0.29) is 6.61 Å². The van der Waals surface area contributed by atoms with Crippen LogP contribution in [-0.4, -0.2) is 80.9 Å². The molecule has 0 bridgehead atoms. The van der Waals surface area contributed by atoms with Gasteiger partial charge in [0.15, 0.2) is 5.17 Å². The Balaban J connectivity index is 2.11. The first-order valence-electron chi connectivity index (χ1n) is 11.7. The van der Waals surface area contributed by atoms with E-state index in [1.165, 1.54) is 11.8 Å². The molecule has 0 aliphatic carbocycles. The van der Waals surface area contributed by atoms with Gasteiger partial charge in [0, 0.05) is 21.1 Å². The van der Waals surface area contributed by atoms with E-state index in [2.05, 4.69) is 4.99 Å². The van der Waals surface area contributed by atoms with Gasteiger partial charge in [-0.2, -0.15) is 0 Å². The molecule has 200 valence electrons. The molecule has 0 aliphatic heterocycles. The van der Waals surface area contributed by atoms with Crippen molar-refractivity contribution in [3.8, 4) is 11.5 Å². The van der Waals surface area contributed by atoms with Crippen LogP contribution in [0.4, 0.5) is 0 Å². The second kappa shape index (κ2) is 15.1. The number of thioether (sulfide) groups is 1. The molecule has 0 aliphatic rings. The second-order valence-electron chi connectivity index (χ2n) is 8.96. The number of ether oxygens (including phenoxy) is 5. The summed E-state index contributed by atoms with van der Waals surface area (Å²) in [6.45, 7) is 4.41. The van der Waals surface area contributed by atoms with E-state index in [1.54, 1.807) is 35.1 Å². The SMILES string of the molecule is CN=C(SCO[C@@H]([C@H](COCc1ccc(OC)cc1)OCc1ccc(OC)cc1)C(C)(C)O)N(C)C. The molecular weight excluding hydrogens is 480 g/mol. The van der Waals surface area contributed by atoms with Gasteiger partial charge in [-0.3, -0.25) is 4.99 Å². The fraction of sp³-hybridized carbons (Fsp3) is 0.519. The molecule has 0 radical (unpaired) electrons. The van der Waals surface area contributed by atoms with Crippen LogP contribution >= 0.6 is 11.8 Å². The molecule has 0 fully saturated rings. The molecule has 2 rings (SSSR count). The van der Waals surface area contributed by atoms with Gasteiger partial charge in [-0.05, 0) is 49.2 Å². The molecule has 36 heavy (non-hydrogen) atoms. The average Bonchev–Trinajstić information content (AvgIpc) is 2.86. The Hall–Kier alpha value is -2.30. The Kier molecular flexibility index (Phi) is 12.5. The summed E-state index contributed by atoms with van der Waals surface area (Å²) in [5, 5.41) is 11.8. The monoisotopic (exact) mass is 520 g/mol. The minimum absolute atomic E-state index is 0.240. The molecule has 0 saturated heterocycles. The zero-order valence-corrected chi connectivity index (χ0v) is 23.2. The summed E-state index contributed by atoms with van der Waals surface area (Å²) in [7, 11) is 8.87. The molecule has 2 aromatic carbocycles. The zero-order chi connectivity index (χ0) is 26.6. The Morgan fingerprint density at radius 1 is 0.917 bits per heavy atom. The number of nitrogens with zero attached hydrogens (tertiary/aromatic N) is 2. The third-order valence-electron chi connectivity index (χ3n) is 5.38. The molecule has 0 heterocycles. The first kappa shape index (κ1) is 29.9. The molecule has 2 atom stereocenters. The molecule has 0 aromatic heterocycles. The van der Waals surface area contributed by atoms with Gasteiger partial charge in [0.05, 0.1) is 39.6 Å². The third-order valence-corrected chi connectivity index (χ3v) is 6.44. The lowest BCUT2D eigenvalue weighted by Gasteiger charge is -2.35. The quantitative estimate of drug-likeness (QED) is 0.226. The van der Waals surface area contributed by atoms with E-state index in [9.17, 15) is 5.11 Å². The highest BCUT2D eigenvalue weighted by atomic mass is 32.2. The van der Waals surface area contributed by atoms with E-state index in [4.69, 9.17) is 23.7 Å². The van der Waals surface area contributed by atoms with Crippen LogP contribution in [0.15, 0.2) is 53.5 Å². The summed E-state index contributed by atoms with van der Waals surface area (Å²) in [6, 6.07) is 15.4. The maximum atomic E-state index is 11.0. The van der Waals surface area contributed by atoms with Gasteiger partial charge in [-0.1, -0.05) is 36.0 Å². The highest BCUT2D eigenvalue weighted by molar-refractivity contribution is 8.13. The van der Waals surface area contributed by atoms with Gasteiger partial charge in [0.1, 0.15) is 29.6 Å². The number of benzene rings is 2. The second-order valence-corrected chi connectivity index (χ2v) is 9.85. The van der Waals surface area contributed by atoms with E-state index >= 15 is 0 Å². The fourth-order valence-electron chi connectivity index (χ4n) is 3.48. The normalized spacial score (nSPS) is 13.8. The fourth-order valence-corrected chi connectivity index (χ4v) is 4.19. The summed E-state index contributed by atoms with van der Waals surface area (Å²) in [5.41, 5.74) is 0.819. The standard InChI is InChI=1S/C27H40N2O6S/c1-27(2,30)25(35-19-36-26(28-3)29(4)5)24(34-17-21-10-14-23(32-7)15-11-21)18-33-16-20-8-12-22(31-6)13-9-20/h8-15,24-25,30H,16-19H2,1-7H3/t24-,25-/m0/s1. The van der Waals surface area contributed by atoms with Crippen LogP contribution in [0.2, 0.25) is 0 Å². The number of amidine groups is 1. The van der Waals surface area contributed by atoms with E-state index in [0.29, 0.717) is 19.2 Å². The summed E-state index contributed by atoms with van der Waals surface area (Å²) in [4.78, 5) is 6.18. The smallest absolute Gasteiger partial charge is 0.160 e. The van der Waals surface area contributed by atoms with Gasteiger partial charge in [-0.15, -0.1) is 0 Å². The van der Waals surface area contributed by atoms with Crippen molar-refractivity contribution in [1.29, 1.82) is 0 Å². The molecular formula is C27H40N2O6S. The first-order chi connectivity index (χ1) is 17.2. The van der Waals surface area contributed by atoms with Crippen molar-refractivity contribution in [3.63, 3.8) is 0 Å². The summed E-state index contributed by atoms with van der Waals surface area (Å²) < 4.78 is 28.9. The van der Waals surface area contributed by atoms with Crippen molar-refractivity contribution in [3.05, 3.63) is 59.7 Å². The number of aliphatic hydroxyl groups is 1. The molecule has 0 unspecified atom stereocenters. The van der Waals surface area contributed by atoms with Crippen molar-refractivity contribution in [1.82, 2.24) is 4.90 Å². The average molecular weight is 521 g/mol. The van der Waals surface area contributed by atoms with Crippen LogP contribution in [0.1, 0.15) is 25.0 Å². The topological polar surface area (TPSA) is 82.0 Å². The van der Waals surface area contributed by atoms with Crippen molar-refractivity contribution >= 4 is 16.9 Å². The summed E-state index contributed by atoms with van der Waals surface area (Å²) >= 11 is 1.45. The van der Waals surface area contributed by atoms with Crippen LogP contribution in [-0.2, 0) is 27.4 Å². The van der Waals surface area contributed by atoms with Gasteiger partial charge in [0.25, 0.3) is 0 Å². The lowest BCUT2D eigenvalue weighted by Crippen LogP contribution is -2.49. The number of aliphatic imine (C=N–C) groups is 1. The number of hydrogen-bond acceptors (Lipinski definition) is 8.